The number of pyridine rings is 1. The lowest BCUT2D eigenvalue weighted by atomic mass is 10.2. The summed E-state index contributed by atoms with van der Waals surface area (Å²) >= 11 is 0. The molecule has 0 aliphatic rings. The zero-order chi connectivity index (χ0) is 12.8. The van der Waals surface area contributed by atoms with Gasteiger partial charge in [0.15, 0.2) is 6.04 Å². The van der Waals surface area contributed by atoms with Crippen molar-refractivity contribution in [3.8, 4) is 0 Å². The molecule has 6 nitrogen and oxygen atoms in total. The molecule has 1 N–H and O–H groups in total. The van der Waals surface area contributed by atoms with Crippen LogP contribution in [0.2, 0.25) is 0 Å². The largest absolute Gasteiger partial charge is 0.480 e. The van der Waals surface area contributed by atoms with E-state index in [9.17, 15) is 14.1 Å². The minimum atomic E-state index is -1.69. The van der Waals surface area contributed by atoms with Crippen molar-refractivity contribution in [3.05, 3.63) is 30.1 Å². The summed E-state index contributed by atoms with van der Waals surface area (Å²) in [6, 6.07) is 2.67. The van der Waals surface area contributed by atoms with E-state index in [4.69, 9.17) is 5.11 Å². The number of halogens is 1. The van der Waals surface area contributed by atoms with Crippen molar-refractivity contribution in [2.24, 2.45) is 0 Å². The number of carboxylic acid groups (broad SMARTS) is 1. The molecule has 0 saturated heterocycles. The van der Waals surface area contributed by atoms with Crippen LogP contribution in [0.25, 0.3) is 0 Å². The molecule has 1 rings (SSSR count). The first-order chi connectivity index (χ1) is 8.07. The lowest BCUT2D eigenvalue weighted by Gasteiger charge is -2.18. The Morgan fingerprint density at radius 3 is 2.76 bits per heavy atom. The molecule has 1 heterocycles. The van der Waals surface area contributed by atoms with Gasteiger partial charge in [0, 0.05) is 13.3 Å². The molecular weight excluding hydrogens is 231 g/mol. The number of methoxy groups -OCH3 is 1. The van der Waals surface area contributed by atoms with Crippen molar-refractivity contribution in [1.29, 1.82) is 0 Å². The Morgan fingerprint density at radius 1 is 1.59 bits per heavy atom. The van der Waals surface area contributed by atoms with Gasteiger partial charge in [-0.05, 0) is 12.1 Å². The predicted octanol–water partition coefficient (Wildman–Crippen LogP) is 0.508. The van der Waals surface area contributed by atoms with Crippen LogP contribution in [-0.4, -0.2) is 46.8 Å². The number of nitrogens with zero attached hydrogens (tertiary/aromatic N) is 2. The average molecular weight is 242 g/mol. The fourth-order valence-corrected chi connectivity index (χ4v) is 1.13. The second kappa shape index (κ2) is 5.90. The number of aliphatic carboxylic acids is 1. The van der Waals surface area contributed by atoms with E-state index in [-0.39, 0.29) is 5.69 Å². The highest BCUT2D eigenvalue weighted by molar-refractivity contribution is 5.94. The number of ether oxygens (including phenoxy) is 1. The number of amides is 1. The van der Waals surface area contributed by atoms with Crippen LogP contribution in [0.4, 0.5) is 4.48 Å². The second-order valence-electron chi connectivity index (χ2n) is 3.14. The summed E-state index contributed by atoms with van der Waals surface area (Å²) in [4.78, 5) is 25.9. The van der Waals surface area contributed by atoms with Crippen molar-refractivity contribution >= 4 is 11.9 Å². The average Bonchev–Trinajstić information content (AvgIpc) is 2.35. The highest BCUT2D eigenvalue weighted by atomic mass is 19.2. The van der Waals surface area contributed by atoms with Crippen LogP contribution in [0, 0.1) is 0 Å². The van der Waals surface area contributed by atoms with Gasteiger partial charge in [0.1, 0.15) is 5.69 Å². The van der Waals surface area contributed by atoms with E-state index in [2.05, 4.69) is 9.72 Å². The highest BCUT2D eigenvalue weighted by Gasteiger charge is 2.31. The van der Waals surface area contributed by atoms with Gasteiger partial charge in [-0.3, -0.25) is 9.78 Å². The topological polar surface area (TPSA) is 79.7 Å². The van der Waals surface area contributed by atoms with Crippen molar-refractivity contribution in [1.82, 2.24) is 10.1 Å². The summed E-state index contributed by atoms with van der Waals surface area (Å²) in [6.07, 6.45) is 1.31. The van der Waals surface area contributed by atoms with Crippen molar-refractivity contribution in [2.75, 3.05) is 13.7 Å². The van der Waals surface area contributed by atoms with Gasteiger partial charge in [0.2, 0.25) is 0 Å². The summed E-state index contributed by atoms with van der Waals surface area (Å²) < 4.78 is 18.1. The molecular formula is C10H11FN2O4. The minimum Gasteiger partial charge on any atom is -0.480 e. The van der Waals surface area contributed by atoms with E-state index in [1.807, 2.05) is 0 Å². The number of aromatic nitrogens is 1. The molecule has 0 saturated carbocycles. The third-order valence-corrected chi connectivity index (χ3v) is 1.96. The Labute approximate surface area is 96.6 Å². The molecule has 0 fully saturated rings. The Morgan fingerprint density at radius 2 is 2.29 bits per heavy atom. The molecule has 1 amide bonds. The van der Waals surface area contributed by atoms with Crippen molar-refractivity contribution in [3.63, 3.8) is 0 Å². The van der Waals surface area contributed by atoms with E-state index < -0.39 is 29.6 Å². The summed E-state index contributed by atoms with van der Waals surface area (Å²) in [5.74, 6) is -2.60. The molecule has 17 heavy (non-hydrogen) atoms. The Balaban J connectivity index is 2.84. The molecule has 92 valence electrons. The SMILES string of the molecule is COCC(C(=O)O)N(F)C(=O)c1ccccn1. The van der Waals surface area contributed by atoms with Gasteiger partial charge in [-0.2, -0.15) is 5.12 Å². The summed E-state index contributed by atoms with van der Waals surface area (Å²) in [5, 5.41) is 8.34. The summed E-state index contributed by atoms with van der Waals surface area (Å²) in [7, 11) is 1.22. The van der Waals surface area contributed by atoms with Gasteiger partial charge in [-0.15, -0.1) is 0 Å². The molecule has 7 heteroatoms. The van der Waals surface area contributed by atoms with E-state index >= 15 is 0 Å². The molecule has 1 atom stereocenters. The van der Waals surface area contributed by atoms with Crippen LogP contribution in [-0.2, 0) is 9.53 Å². The van der Waals surface area contributed by atoms with Crippen LogP contribution in [0.5, 0.6) is 0 Å². The maximum absolute atomic E-state index is 13.6. The van der Waals surface area contributed by atoms with E-state index in [0.29, 0.717) is 0 Å². The Kier molecular flexibility index (Phi) is 4.53. The maximum atomic E-state index is 13.6. The first-order valence-electron chi connectivity index (χ1n) is 4.70. The van der Waals surface area contributed by atoms with Crippen molar-refractivity contribution in [2.45, 2.75) is 6.04 Å². The third-order valence-electron chi connectivity index (χ3n) is 1.96. The quantitative estimate of drug-likeness (QED) is 0.761. The number of rotatable bonds is 5. The van der Waals surface area contributed by atoms with Crippen LogP contribution >= 0.6 is 0 Å². The Hall–Kier alpha value is -2.02. The van der Waals surface area contributed by atoms with Crippen molar-refractivity contribution < 1.29 is 23.9 Å². The fourth-order valence-electron chi connectivity index (χ4n) is 1.13. The smallest absolute Gasteiger partial charge is 0.331 e. The number of carbonyl (C=O) groups excluding carboxylic acids is 1. The first kappa shape index (κ1) is 13.0. The van der Waals surface area contributed by atoms with Crippen LogP contribution in [0.15, 0.2) is 24.4 Å². The molecule has 0 aromatic carbocycles. The highest BCUT2D eigenvalue weighted by Crippen LogP contribution is 2.08. The monoisotopic (exact) mass is 242 g/mol. The minimum absolute atomic E-state index is 0.169. The molecule has 0 aliphatic heterocycles. The fraction of sp³-hybridized carbons (Fsp3) is 0.300. The number of carboxylic acids is 1. The lowest BCUT2D eigenvalue weighted by molar-refractivity contribution is -0.150. The zero-order valence-corrected chi connectivity index (χ0v) is 9.04. The molecule has 0 radical (unpaired) electrons. The molecule has 0 bridgehead atoms. The number of hydrogen-bond donors (Lipinski definition) is 1. The van der Waals surface area contributed by atoms with Gasteiger partial charge in [-0.1, -0.05) is 10.5 Å². The molecule has 1 unspecified atom stereocenters. The standard InChI is InChI=1S/C10H11FN2O4/c1-17-6-8(10(15)16)13(11)9(14)7-4-2-3-5-12-7/h2-5,8H,6H2,1H3,(H,15,16). The van der Waals surface area contributed by atoms with Crippen LogP contribution in [0.3, 0.4) is 0 Å². The lowest BCUT2D eigenvalue weighted by Crippen LogP contribution is -2.43. The normalized spacial score (nSPS) is 11.9. The van der Waals surface area contributed by atoms with E-state index in [0.717, 1.165) is 0 Å². The predicted molar refractivity (Wildman–Crippen MR) is 54.8 cm³/mol. The second-order valence-corrected chi connectivity index (χ2v) is 3.14. The van der Waals surface area contributed by atoms with Gasteiger partial charge < -0.3 is 9.84 Å². The molecule has 1 aromatic rings. The van der Waals surface area contributed by atoms with E-state index in [1.54, 1.807) is 6.07 Å². The van der Waals surface area contributed by atoms with E-state index in [1.165, 1.54) is 25.4 Å². The number of carbonyl (C=O) groups is 2. The third kappa shape index (κ3) is 3.22. The van der Waals surface area contributed by atoms with Gasteiger partial charge in [0.25, 0.3) is 0 Å². The molecule has 1 aromatic heterocycles. The van der Waals surface area contributed by atoms with Gasteiger partial charge >= 0.3 is 11.9 Å². The molecule has 0 spiro atoms. The number of hydrogen-bond acceptors (Lipinski definition) is 4. The van der Waals surface area contributed by atoms with Gasteiger partial charge in [0.05, 0.1) is 6.61 Å². The summed E-state index contributed by atoms with van der Waals surface area (Å²) in [6.45, 7) is -0.440. The first-order valence-corrected chi connectivity index (χ1v) is 4.70. The van der Waals surface area contributed by atoms with Gasteiger partial charge in [-0.25, -0.2) is 4.79 Å². The van der Waals surface area contributed by atoms with Crippen LogP contribution in [0.1, 0.15) is 10.5 Å². The van der Waals surface area contributed by atoms with Crippen LogP contribution < -0.4 is 0 Å². The zero-order valence-electron chi connectivity index (χ0n) is 9.04. The molecule has 0 aliphatic carbocycles. The maximum Gasteiger partial charge on any atom is 0.331 e. The Bertz CT molecular complexity index is 399. The summed E-state index contributed by atoms with van der Waals surface area (Å²) in [5.41, 5.74) is -0.169.